The van der Waals surface area contributed by atoms with Crippen LogP contribution in [0.4, 0.5) is 0 Å². The minimum atomic E-state index is -3.68. The van der Waals surface area contributed by atoms with Crippen LogP contribution in [0, 0.1) is 6.92 Å². The molecule has 0 aliphatic heterocycles. The lowest BCUT2D eigenvalue weighted by Crippen LogP contribution is -2.29. The molecule has 6 nitrogen and oxygen atoms in total. The first-order valence-corrected chi connectivity index (χ1v) is 9.76. The van der Waals surface area contributed by atoms with Gasteiger partial charge in [0.1, 0.15) is 16.1 Å². The summed E-state index contributed by atoms with van der Waals surface area (Å²) < 4.78 is 28.9. The number of aromatic amines is 1. The maximum Gasteiger partial charge on any atom is 0.251 e. The Balaban J connectivity index is 1.99. The van der Waals surface area contributed by atoms with Crippen molar-refractivity contribution in [1.29, 1.82) is 0 Å². The summed E-state index contributed by atoms with van der Waals surface area (Å²) in [6.07, 6.45) is 0. The molecule has 0 radical (unpaired) electrons. The zero-order chi connectivity index (χ0) is 16.4. The summed E-state index contributed by atoms with van der Waals surface area (Å²) in [5.41, 5.74) is 0.769. The first-order chi connectivity index (χ1) is 11.0. The fourth-order valence-electron chi connectivity index (χ4n) is 2.06. The van der Waals surface area contributed by atoms with E-state index >= 15 is 0 Å². The van der Waals surface area contributed by atoms with Crippen LogP contribution in [0.3, 0.4) is 0 Å². The van der Waals surface area contributed by atoms with Crippen LogP contribution in [0.2, 0.25) is 0 Å². The van der Waals surface area contributed by atoms with E-state index in [9.17, 15) is 8.42 Å². The van der Waals surface area contributed by atoms with Crippen LogP contribution in [0.15, 0.2) is 50.5 Å². The topological polar surface area (TPSA) is 87.7 Å². The largest absolute Gasteiger partial charge is 0.263 e. The van der Waals surface area contributed by atoms with Crippen molar-refractivity contribution in [2.45, 2.75) is 17.2 Å². The minimum absolute atomic E-state index is 0.234. The summed E-state index contributed by atoms with van der Waals surface area (Å²) in [4.78, 5) is 4.27. The smallest absolute Gasteiger partial charge is 0.251 e. The molecule has 2 aromatic heterocycles. The van der Waals surface area contributed by atoms with Gasteiger partial charge < -0.3 is 0 Å². The van der Waals surface area contributed by atoms with E-state index in [1.165, 1.54) is 0 Å². The van der Waals surface area contributed by atoms with E-state index in [4.69, 9.17) is 0 Å². The van der Waals surface area contributed by atoms with Crippen LogP contribution in [-0.4, -0.2) is 23.6 Å². The van der Waals surface area contributed by atoms with E-state index < -0.39 is 16.1 Å². The molecule has 3 rings (SSSR count). The lowest BCUT2D eigenvalue weighted by atomic mass is 10.1. The average molecular weight is 413 g/mol. The molecule has 0 amide bonds. The lowest BCUT2D eigenvalue weighted by molar-refractivity contribution is 0.569. The molecule has 1 atom stereocenters. The Kier molecular flexibility index (Phi) is 4.62. The molecule has 0 spiro atoms. The lowest BCUT2D eigenvalue weighted by Gasteiger charge is -2.15. The van der Waals surface area contributed by atoms with E-state index in [1.54, 1.807) is 19.1 Å². The normalized spacial score (nSPS) is 13.1. The Morgan fingerprint density at radius 1 is 1.22 bits per heavy atom. The fraction of sp³-hybridized carbons (Fsp3) is 0.143. The van der Waals surface area contributed by atoms with Gasteiger partial charge in [-0.15, -0.1) is 11.3 Å². The average Bonchev–Trinajstić information content (AvgIpc) is 3.15. The van der Waals surface area contributed by atoms with Gasteiger partial charge in [0.25, 0.3) is 10.0 Å². The van der Waals surface area contributed by atoms with Crippen molar-refractivity contribution in [3.05, 3.63) is 63.5 Å². The molecule has 0 bridgehead atoms. The summed E-state index contributed by atoms with van der Waals surface area (Å²) in [5.74, 6) is 1.01. The number of halogens is 1. The molecule has 2 heterocycles. The van der Waals surface area contributed by atoms with Gasteiger partial charge in [0.15, 0.2) is 5.82 Å². The van der Waals surface area contributed by atoms with Crippen LogP contribution in [-0.2, 0) is 10.0 Å². The molecule has 0 aliphatic carbocycles. The Labute approximate surface area is 146 Å². The number of sulfonamides is 1. The third kappa shape index (κ3) is 3.69. The van der Waals surface area contributed by atoms with Gasteiger partial charge in [0, 0.05) is 0 Å². The van der Waals surface area contributed by atoms with Crippen LogP contribution < -0.4 is 4.72 Å². The second kappa shape index (κ2) is 6.52. The second-order valence-electron chi connectivity index (χ2n) is 4.80. The number of H-pyrrole nitrogens is 1. The van der Waals surface area contributed by atoms with Crippen LogP contribution in [0.1, 0.15) is 23.3 Å². The number of thiophene rings is 1. The summed E-state index contributed by atoms with van der Waals surface area (Å²) in [6.45, 7) is 1.77. The molecule has 120 valence electrons. The minimum Gasteiger partial charge on any atom is -0.263 e. The first kappa shape index (κ1) is 16.3. The first-order valence-electron chi connectivity index (χ1n) is 6.67. The molecule has 2 N–H and O–H groups in total. The molecule has 23 heavy (non-hydrogen) atoms. The van der Waals surface area contributed by atoms with Gasteiger partial charge in [-0.2, -0.15) is 9.82 Å². The van der Waals surface area contributed by atoms with Gasteiger partial charge in [0.05, 0.1) is 3.79 Å². The Bertz CT molecular complexity index is 906. The second-order valence-corrected chi connectivity index (χ2v) is 9.21. The Morgan fingerprint density at radius 3 is 2.52 bits per heavy atom. The fourth-order valence-corrected chi connectivity index (χ4v) is 5.27. The predicted molar refractivity (Wildman–Crippen MR) is 91.7 cm³/mol. The molecule has 3 aromatic rings. The molecule has 1 aromatic carbocycles. The van der Waals surface area contributed by atoms with Crippen molar-refractivity contribution in [2.75, 3.05) is 0 Å². The number of nitrogens with one attached hydrogen (secondary N) is 2. The zero-order valence-electron chi connectivity index (χ0n) is 12.0. The van der Waals surface area contributed by atoms with Crippen LogP contribution in [0.5, 0.6) is 0 Å². The van der Waals surface area contributed by atoms with Crippen molar-refractivity contribution in [2.24, 2.45) is 0 Å². The molecular formula is C14H13BrN4O2S2. The van der Waals surface area contributed by atoms with Gasteiger partial charge >= 0.3 is 0 Å². The summed E-state index contributed by atoms with van der Waals surface area (Å²) in [6, 6.07) is 11.8. The third-order valence-corrected chi connectivity index (χ3v) is 6.63. The van der Waals surface area contributed by atoms with E-state index in [-0.39, 0.29) is 4.21 Å². The van der Waals surface area contributed by atoms with Crippen molar-refractivity contribution in [3.8, 4) is 0 Å². The third-order valence-electron chi connectivity index (χ3n) is 3.09. The van der Waals surface area contributed by atoms with Crippen molar-refractivity contribution in [1.82, 2.24) is 19.9 Å². The maximum absolute atomic E-state index is 12.6. The highest BCUT2D eigenvalue weighted by Gasteiger charge is 2.26. The Morgan fingerprint density at radius 2 is 1.96 bits per heavy atom. The van der Waals surface area contributed by atoms with Gasteiger partial charge in [-0.25, -0.2) is 13.4 Å². The highest BCUT2D eigenvalue weighted by atomic mass is 79.9. The van der Waals surface area contributed by atoms with Crippen molar-refractivity contribution in [3.63, 3.8) is 0 Å². The number of rotatable bonds is 5. The van der Waals surface area contributed by atoms with Gasteiger partial charge in [-0.1, -0.05) is 30.3 Å². The predicted octanol–water partition coefficient (Wildman–Crippen LogP) is 3.01. The molecule has 0 aliphatic rings. The van der Waals surface area contributed by atoms with E-state index in [0.29, 0.717) is 11.6 Å². The number of hydrogen-bond donors (Lipinski definition) is 2. The SMILES string of the molecule is Cc1nc(C(NS(=O)(=O)c2ccc(Br)s2)c2ccccc2)n[nH]1. The van der Waals surface area contributed by atoms with E-state index in [1.807, 2.05) is 30.3 Å². The quantitative estimate of drug-likeness (QED) is 0.673. The van der Waals surface area contributed by atoms with Crippen molar-refractivity contribution >= 4 is 37.3 Å². The van der Waals surface area contributed by atoms with Crippen LogP contribution >= 0.6 is 27.3 Å². The van der Waals surface area contributed by atoms with Crippen molar-refractivity contribution < 1.29 is 8.42 Å². The van der Waals surface area contributed by atoms with Crippen LogP contribution in [0.25, 0.3) is 0 Å². The van der Waals surface area contributed by atoms with Gasteiger partial charge in [-0.3, -0.25) is 5.10 Å². The molecule has 1 unspecified atom stereocenters. The summed E-state index contributed by atoms with van der Waals surface area (Å²) >= 11 is 4.43. The Hall–Kier alpha value is -1.55. The number of nitrogens with zero attached hydrogens (tertiary/aromatic N) is 2. The zero-order valence-corrected chi connectivity index (χ0v) is 15.2. The summed E-state index contributed by atoms with van der Waals surface area (Å²) in [5, 5.41) is 6.85. The number of aromatic nitrogens is 3. The summed E-state index contributed by atoms with van der Waals surface area (Å²) in [7, 11) is -3.68. The molecule has 0 saturated carbocycles. The molecular weight excluding hydrogens is 400 g/mol. The standard InChI is InChI=1S/C14H13BrN4O2S2/c1-9-16-14(18-17-9)13(10-5-3-2-4-6-10)19-23(20,21)12-8-7-11(15)22-12/h2-8,13,19H,1H3,(H,16,17,18). The number of benzene rings is 1. The van der Waals surface area contributed by atoms with Gasteiger partial charge in [0.2, 0.25) is 0 Å². The highest BCUT2D eigenvalue weighted by molar-refractivity contribution is 9.11. The molecule has 9 heteroatoms. The van der Waals surface area contributed by atoms with Gasteiger partial charge in [-0.05, 0) is 40.5 Å². The monoisotopic (exact) mass is 412 g/mol. The maximum atomic E-state index is 12.6. The molecule has 0 saturated heterocycles. The number of aryl methyl sites for hydroxylation is 1. The van der Waals surface area contributed by atoms with E-state index in [2.05, 4.69) is 35.8 Å². The number of hydrogen-bond acceptors (Lipinski definition) is 5. The molecule has 0 fully saturated rings. The highest BCUT2D eigenvalue weighted by Crippen LogP contribution is 2.28. The van der Waals surface area contributed by atoms with E-state index in [0.717, 1.165) is 20.7 Å².